The van der Waals surface area contributed by atoms with Crippen LogP contribution in [0.4, 0.5) is 5.82 Å². The number of carbonyl (C=O) groups excluding carboxylic acids is 1. The van der Waals surface area contributed by atoms with E-state index in [1.807, 2.05) is 81.1 Å². The van der Waals surface area contributed by atoms with E-state index in [1.165, 1.54) is 5.56 Å². The van der Waals surface area contributed by atoms with E-state index in [4.69, 9.17) is 4.74 Å². The topological polar surface area (TPSA) is 58.6 Å². The van der Waals surface area contributed by atoms with Gasteiger partial charge in [0.05, 0.1) is 0 Å². The molecule has 0 N–H and O–H groups in total. The molecule has 0 aliphatic carbocycles. The summed E-state index contributed by atoms with van der Waals surface area (Å²) in [5.74, 6) is 2.86. The first-order chi connectivity index (χ1) is 14.9. The summed E-state index contributed by atoms with van der Waals surface area (Å²) in [6.45, 7) is 10.7. The maximum absolute atomic E-state index is 13.0. The van der Waals surface area contributed by atoms with Crippen LogP contribution in [-0.4, -0.2) is 47.0 Å². The highest BCUT2D eigenvalue weighted by atomic mass is 16.5. The van der Waals surface area contributed by atoms with Crippen LogP contribution in [0, 0.1) is 27.7 Å². The average Bonchev–Trinajstić information content (AvgIpc) is 2.76. The van der Waals surface area contributed by atoms with E-state index in [9.17, 15) is 4.79 Å². The molecule has 1 aliphatic heterocycles. The molecule has 2 heterocycles. The molecule has 0 bridgehead atoms. The summed E-state index contributed by atoms with van der Waals surface area (Å²) in [6, 6.07) is 15.8. The third-order valence-electron chi connectivity index (χ3n) is 5.56. The second-order valence-electron chi connectivity index (χ2n) is 8.12. The lowest BCUT2D eigenvalue weighted by atomic mass is 10.0. The van der Waals surface area contributed by atoms with Crippen LogP contribution in [-0.2, 0) is 0 Å². The molecule has 6 nitrogen and oxygen atoms in total. The molecule has 6 heteroatoms. The number of aromatic nitrogens is 2. The summed E-state index contributed by atoms with van der Waals surface area (Å²) in [7, 11) is 0. The maximum atomic E-state index is 13.0. The van der Waals surface area contributed by atoms with Crippen molar-refractivity contribution in [3.63, 3.8) is 0 Å². The van der Waals surface area contributed by atoms with Crippen LogP contribution in [0.15, 0.2) is 48.5 Å². The number of aryl methyl sites for hydroxylation is 4. The van der Waals surface area contributed by atoms with Gasteiger partial charge in [0, 0.05) is 37.8 Å². The number of nitrogens with zero attached hydrogens (tertiary/aromatic N) is 4. The molecular formula is C25H28N4O2. The predicted molar refractivity (Wildman–Crippen MR) is 122 cm³/mol. The molecule has 0 spiro atoms. The normalized spacial score (nSPS) is 13.9. The van der Waals surface area contributed by atoms with Gasteiger partial charge < -0.3 is 14.5 Å². The fourth-order valence-corrected chi connectivity index (χ4v) is 3.74. The Bertz CT molecular complexity index is 1090. The van der Waals surface area contributed by atoms with Gasteiger partial charge in [-0.15, -0.1) is 0 Å². The molecule has 1 aliphatic rings. The Labute approximate surface area is 183 Å². The molecule has 1 amide bonds. The Kier molecular flexibility index (Phi) is 5.89. The summed E-state index contributed by atoms with van der Waals surface area (Å²) in [4.78, 5) is 26.1. The van der Waals surface area contributed by atoms with Gasteiger partial charge in [0.15, 0.2) is 0 Å². The Morgan fingerprint density at radius 1 is 0.839 bits per heavy atom. The number of amides is 1. The van der Waals surface area contributed by atoms with Gasteiger partial charge in [-0.25, -0.2) is 4.98 Å². The van der Waals surface area contributed by atoms with Crippen LogP contribution in [0.1, 0.15) is 32.9 Å². The molecule has 0 unspecified atom stereocenters. The SMILES string of the molecule is Cc1ccc(Oc2cc(N3CCN(C(=O)c4cc(C)ccc4C)CC3)nc(C)n2)cc1. The highest BCUT2D eigenvalue weighted by molar-refractivity contribution is 5.96. The lowest BCUT2D eigenvalue weighted by molar-refractivity contribution is 0.0745. The number of carbonyl (C=O) groups is 1. The summed E-state index contributed by atoms with van der Waals surface area (Å²) in [5, 5.41) is 0. The minimum Gasteiger partial charge on any atom is -0.439 e. The largest absolute Gasteiger partial charge is 0.439 e. The van der Waals surface area contributed by atoms with Crippen molar-refractivity contribution < 1.29 is 9.53 Å². The van der Waals surface area contributed by atoms with E-state index in [2.05, 4.69) is 14.9 Å². The highest BCUT2D eigenvalue weighted by Gasteiger charge is 2.24. The zero-order valence-electron chi connectivity index (χ0n) is 18.6. The second kappa shape index (κ2) is 8.76. The Balaban J connectivity index is 1.45. The lowest BCUT2D eigenvalue weighted by Gasteiger charge is -2.35. The van der Waals surface area contributed by atoms with Gasteiger partial charge in [0.1, 0.15) is 17.4 Å². The van der Waals surface area contributed by atoms with Gasteiger partial charge in [0.25, 0.3) is 5.91 Å². The molecule has 2 aromatic carbocycles. The first kappa shape index (κ1) is 20.8. The van der Waals surface area contributed by atoms with E-state index in [1.54, 1.807) is 0 Å². The smallest absolute Gasteiger partial charge is 0.254 e. The molecule has 1 aromatic heterocycles. The Hall–Kier alpha value is -3.41. The number of ether oxygens (including phenoxy) is 1. The monoisotopic (exact) mass is 416 g/mol. The van der Waals surface area contributed by atoms with Crippen LogP contribution < -0.4 is 9.64 Å². The molecular weight excluding hydrogens is 388 g/mol. The third kappa shape index (κ3) is 4.85. The van der Waals surface area contributed by atoms with Gasteiger partial charge in [-0.3, -0.25) is 4.79 Å². The zero-order valence-corrected chi connectivity index (χ0v) is 18.6. The van der Waals surface area contributed by atoms with Crippen molar-refractivity contribution in [3.8, 4) is 11.6 Å². The summed E-state index contributed by atoms with van der Waals surface area (Å²) >= 11 is 0. The number of benzene rings is 2. The van der Waals surface area contributed by atoms with Crippen molar-refractivity contribution in [2.24, 2.45) is 0 Å². The van der Waals surface area contributed by atoms with E-state index in [-0.39, 0.29) is 5.91 Å². The van der Waals surface area contributed by atoms with Crippen molar-refractivity contribution in [1.82, 2.24) is 14.9 Å². The van der Waals surface area contributed by atoms with Crippen molar-refractivity contribution in [3.05, 3.63) is 76.6 Å². The molecule has 3 aromatic rings. The fourth-order valence-electron chi connectivity index (χ4n) is 3.74. The minimum absolute atomic E-state index is 0.100. The van der Waals surface area contributed by atoms with Gasteiger partial charge in [-0.2, -0.15) is 4.98 Å². The van der Waals surface area contributed by atoms with Gasteiger partial charge >= 0.3 is 0 Å². The van der Waals surface area contributed by atoms with Crippen molar-refractivity contribution >= 4 is 11.7 Å². The molecule has 160 valence electrons. The fraction of sp³-hybridized carbons (Fsp3) is 0.320. The summed E-state index contributed by atoms with van der Waals surface area (Å²) in [5.41, 5.74) is 4.09. The molecule has 0 radical (unpaired) electrons. The van der Waals surface area contributed by atoms with E-state index < -0.39 is 0 Å². The van der Waals surface area contributed by atoms with Crippen LogP contribution in [0.25, 0.3) is 0 Å². The van der Waals surface area contributed by atoms with Crippen molar-refractivity contribution in [2.45, 2.75) is 27.7 Å². The number of hydrogen-bond donors (Lipinski definition) is 0. The molecule has 4 rings (SSSR count). The van der Waals surface area contributed by atoms with E-state index in [0.717, 1.165) is 41.3 Å². The van der Waals surface area contributed by atoms with Crippen LogP contribution in [0.3, 0.4) is 0 Å². The predicted octanol–water partition coefficient (Wildman–Crippen LogP) is 4.46. The Morgan fingerprint density at radius 2 is 1.52 bits per heavy atom. The number of piperazine rings is 1. The van der Waals surface area contributed by atoms with Gasteiger partial charge in [0.2, 0.25) is 5.88 Å². The number of anilines is 1. The first-order valence-corrected chi connectivity index (χ1v) is 10.6. The summed E-state index contributed by atoms with van der Waals surface area (Å²) < 4.78 is 5.94. The minimum atomic E-state index is 0.100. The molecule has 31 heavy (non-hydrogen) atoms. The lowest BCUT2D eigenvalue weighted by Crippen LogP contribution is -2.49. The van der Waals surface area contributed by atoms with Crippen molar-refractivity contribution in [1.29, 1.82) is 0 Å². The van der Waals surface area contributed by atoms with Crippen molar-refractivity contribution in [2.75, 3.05) is 31.1 Å². The average molecular weight is 417 g/mol. The number of rotatable bonds is 4. The zero-order chi connectivity index (χ0) is 22.0. The third-order valence-corrected chi connectivity index (χ3v) is 5.56. The quantitative estimate of drug-likeness (QED) is 0.628. The number of hydrogen-bond acceptors (Lipinski definition) is 5. The summed E-state index contributed by atoms with van der Waals surface area (Å²) in [6.07, 6.45) is 0. The van der Waals surface area contributed by atoms with E-state index in [0.29, 0.717) is 24.8 Å². The molecule has 1 fully saturated rings. The van der Waals surface area contributed by atoms with Gasteiger partial charge in [-0.05, 0) is 51.5 Å². The maximum Gasteiger partial charge on any atom is 0.254 e. The standard InChI is InChI=1S/C25H28N4O2/c1-17-6-9-21(10-7-17)31-24-16-23(26-20(4)27-24)28-11-13-29(14-12-28)25(30)22-15-18(2)5-8-19(22)3/h5-10,15-16H,11-14H2,1-4H3. The highest BCUT2D eigenvalue weighted by Crippen LogP contribution is 2.25. The molecule has 0 atom stereocenters. The second-order valence-corrected chi connectivity index (χ2v) is 8.12. The van der Waals surface area contributed by atoms with Crippen LogP contribution in [0.5, 0.6) is 11.6 Å². The van der Waals surface area contributed by atoms with Gasteiger partial charge in [-0.1, -0.05) is 35.4 Å². The Morgan fingerprint density at radius 3 is 2.23 bits per heavy atom. The van der Waals surface area contributed by atoms with E-state index >= 15 is 0 Å². The molecule has 1 saturated heterocycles. The molecule has 0 saturated carbocycles. The van der Waals surface area contributed by atoms with Crippen LogP contribution in [0.2, 0.25) is 0 Å². The first-order valence-electron chi connectivity index (χ1n) is 10.6. The van der Waals surface area contributed by atoms with Crippen LogP contribution >= 0.6 is 0 Å².